The lowest BCUT2D eigenvalue weighted by Crippen LogP contribution is -1.99. The molecule has 0 spiro atoms. The second-order valence-corrected chi connectivity index (χ2v) is 9.79. The molecule has 0 N–H and O–H groups in total. The van der Waals surface area contributed by atoms with Crippen molar-refractivity contribution < 1.29 is 4.21 Å². The quantitative estimate of drug-likeness (QED) is 0.350. The fourth-order valence-electron chi connectivity index (χ4n) is 3.38. The molecule has 0 radical (unpaired) electrons. The van der Waals surface area contributed by atoms with Crippen LogP contribution in [0.25, 0.3) is 22.3 Å². The van der Waals surface area contributed by atoms with Gasteiger partial charge in [-0.05, 0) is 46.5 Å². The van der Waals surface area contributed by atoms with Crippen LogP contribution in [0, 0.1) is 0 Å². The third kappa shape index (κ3) is 2.95. The van der Waals surface area contributed by atoms with Gasteiger partial charge in [-0.25, -0.2) is 4.21 Å². The third-order valence-corrected chi connectivity index (χ3v) is 8.54. The van der Waals surface area contributed by atoms with Crippen LogP contribution in [-0.4, -0.2) is 4.21 Å². The van der Waals surface area contributed by atoms with E-state index in [1.54, 1.807) is 0 Å². The lowest BCUT2D eigenvalue weighted by atomic mass is 10.1. The summed E-state index contributed by atoms with van der Waals surface area (Å²) >= 11 is 1.33. The van der Waals surface area contributed by atoms with E-state index in [9.17, 15) is 4.21 Å². The summed E-state index contributed by atoms with van der Waals surface area (Å²) in [4.78, 5) is 2.54. The van der Waals surface area contributed by atoms with Crippen LogP contribution in [0.15, 0.2) is 122 Å². The van der Waals surface area contributed by atoms with Crippen LogP contribution >= 0.6 is 11.9 Å². The van der Waals surface area contributed by atoms with Crippen molar-refractivity contribution in [2.75, 3.05) is 0 Å². The van der Waals surface area contributed by atoms with E-state index >= 15 is 0 Å². The Labute approximate surface area is 169 Å². The molecule has 2 nitrogen and oxygen atoms in total. The predicted molar refractivity (Wildman–Crippen MR) is 117 cm³/mol. The van der Waals surface area contributed by atoms with Crippen LogP contribution < -0.4 is 0 Å². The topological polar surface area (TPSA) is 29.4 Å². The van der Waals surface area contributed by atoms with Crippen molar-refractivity contribution >= 4 is 21.7 Å². The Kier molecular flexibility index (Phi) is 4.30. The Hall–Kier alpha value is -2.82. The lowest BCUT2D eigenvalue weighted by Gasteiger charge is -2.09. The van der Waals surface area contributed by atoms with E-state index < -0.39 is 9.73 Å². The Morgan fingerprint density at radius 1 is 0.607 bits per heavy atom. The van der Waals surface area contributed by atoms with Gasteiger partial charge in [-0.3, -0.25) is 0 Å². The van der Waals surface area contributed by atoms with Gasteiger partial charge >= 0.3 is 0 Å². The van der Waals surface area contributed by atoms with Gasteiger partial charge in [0.1, 0.15) is 9.73 Å². The zero-order valence-corrected chi connectivity index (χ0v) is 16.6. The molecule has 4 aromatic rings. The van der Waals surface area contributed by atoms with E-state index in [0.717, 1.165) is 36.9 Å². The summed E-state index contributed by atoms with van der Waals surface area (Å²) in [6.07, 6.45) is 0. The number of hydrogen-bond acceptors (Lipinski definition) is 3. The molecule has 28 heavy (non-hydrogen) atoms. The molecule has 1 heterocycles. The van der Waals surface area contributed by atoms with E-state index in [1.165, 1.54) is 11.9 Å². The molecule has 1 unspecified atom stereocenters. The van der Waals surface area contributed by atoms with Gasteiger partial charge in [-0.15, -0.1) is 0 Å². The zero-order chi connectivity index (χ0) is 19.0. The molecule has 1 aliphatic rings. The van der Waals surface area contributed by atoms with E-state index in [4.69, 9.17) is 0 Å². The maximum absolute atomic E-state index is 13.7. The van der Waals surface area contributed by atoms with Crippen LogP contribution in [-0.2, 0) is 9.73 Å². The molecule has 0 amide bonds. The highest BCUT2D eigenvalue weighted by molar-refractivity contribution is 8.10. The zero-order valence-electron chi connectivity index (χ0n) is 15.0. The smallest absolute Gasteiger partial charge is 0.116 e. The Bertz CT molecular complexity index is 1260. The average molecular weight is 400 g/mol. The molecule has 1 atom stereocenters. The molecule has 0 saturated heterocycles. The number of benzene rings is 4. The molecule has 0 aromatic heterocycles. The monoisotopic (exact) mass is 399 g/mol. The molecular formula is C24H17NOS2. The lowest BCUT2D eigenvalue weighted by molar-refractivity contribution is 0.677. The van der Waals surface area contributed by atoms with Crippen molar-refractivity contribution in [3.05, 3.63) is 103 Å². The summed E-state index contributed by atoms with van der Waals surface area (Å²) in [5.74, 6) is 0. The fourth-order valence-corrected chi connectivity index (χ4v) is 6.92. The van der Waals surface area contributed by atoms with Crippen molar-refractivity contribution in [1.29, 1.82) is 0 Å². The number of hydrogen-bond donors (Lipinski definition) is 0. The molecular weight excluding hydrogens is 382 g/mol. The first kappa shape index (κ1) is 17.3. The first-order valence-corrected chi connectivity index (χ1v) is 11.3. The van der Waals surface area contributed by atoms with Gasteiger partial charge in [0.2, 0.25) is 0 Å². The minimum Gasteiger partial charge on any atom is -0.239 e. The minimum atomic E-state index is -2.60. The second-order valence-electron chi connectivity index (χ2n) is 6.61. The number of fused-ring (bicyclic) bond motifs is 1. The molecule has 5 rings (SSSR count). The SMILES string of the molecule is O=S1(c2ccc(-c3ccccc3)cc2)=NSc2cc(-c3ccccc3)ccc21. The van der Waals surface area contributed by atoms with Gasteiger partial charge in [0.25, 0.3) is 0 Å². The molecule has 0 saturated carbocycles. The highest BCUT2D eigenvalue weighted by Gasteiger charge is 2.26. The average Bonchev–Trinajstić information content (AvgIpc) is 3.12. The standard InChI is InChI=1S/C24H17NOS2/c26-28(22-14-11-20(12-15-22)18-7-3-1-4-8-18)24-16-13-21(17-23(24)27-25-28)19-9-5-2-6-10-19/h1-17H. The summed E-state index contributed by atoms with van der Waals surface area (Å²) in [7, 11) is -2.60. The normalized spacial score (nSPS) is 17.7. The summed E-state index contributed by atoms with van der Waals surface area (Å²) in [6.45, 7) is 0. The second kappa shape index (κ2) is 6.97. The number of rotatable bonds is 3. The molecule has 4 aromatic carbocycles. The van der Waals surface area contributed by atoms with Crippen molar-refractivity contribution in [3.63, 3.8) is 0 Å². The summed E-state index contributed by atoms with van der Waals surface area (Å²) in [6, 6.07) is 34.4. The highest BCUT2D eigenvalue weighted by atomic mass is 32.2. The van der Waals surface area contributed by atoms with Crippen LogP contribution in [0.4, 0.5) is 0 Å². The van der Waals surface area contributed by atoms with E-state index in [-0.39, 0.29) is 0 Å². The van der Waals surface area contributed by atoms with Crippen LogP contribution in [0.1, 0.15) is 0 Å². The molecule has 0 fully saturated rings. The van der Waals surface area contributed by atoms with Crippen molar-refractivity contribution in [1.82, 2.24) is 0 Å². The van der Waals surface area contributed by atoms with E-state index in [2.05, 4.69) is 34.1 Å². The maximum Gasteiger partial charge on any atom is 0.116 e. The van der Waals surface area contributed by atoms with Gasteiger partial charge in [-0.1, -0.05) is 78.9 Å². The Morgan fingerprint density at radius 3 is 1.79 bits per heavy atom. The third-order valence-electron chi connectivity index (χ3n) is 4.87. The van der Waals surface area contributed by atoms with E-state index in [1.807, 2.05) is 72.8 Å². The number of nitrogens with zero attached hydrogens (tertiary/aromatic N) is 1. The first-order valence-electron chi connectivity index (χ1n) is 9.02. The van der Waals surface area contributed by atoms with Crippen molar-refractivity contribution in [3.8, 4) is 22.3 Å². The maximum atomic E-state index is 13.7. The Morgan fingerprint density at radius 2 is 1.14 bits per heavy atom. The van der Waals surface area contributed by atoms with Crippen LogP contribution in [0.3, 0.4) is 0 Å². The molecule has 0 aliphatic carbocycles. The van der Waals surface area contributed by atoms with Gasteiger partial charge in [0, 0.05) is 16.8 Å². The largest absolute Gasteiger partial charge is 0.239 e. The minimum absolute atomic E-state index is 0.755. The van der Waals surface area contributed by atoms with E-state index in [0.29, 0.717) is 0 Å². The van der Waals surface area contributed by atoms with Gasteiger partial charge in [0.15, 0.2) is 0 Å². The summed E-state index contributed by atoms with van der Waals surface area (Å²) in [5, 5.41) is 0. The highest BCUT2D eigenvalue weighted by Crippen LogP contribution is 2.43. The van der Waals surface area contributed by atoms with Gasteiger partial charge < -0.3 is 0 Å². The molecule has 4 heteroatoms. The van der Waals surface area contributed by atoms with Crippen LogP contribution in [0.2, 0.25) is 0 Å². The molecule has 0 bridgehead atoms. The molecule has 136 valence electrons. The Balaban J connectivity index is 1.52. The molecule has 1 aliphatic heterocycles. The van der Waals surface area contributed by atoms with Crippen molar-refractivity contribution in [2.45, 2.75) is 14.7 Å². The fraction of sp³-hybridized carbons (Fsp3) is 0. The van der Waals surface area contributed by atoms with Gasteiger partial charge in [-0.2, -0.15) is 3.77 Å². The summed E-state index contributed by atoms with van der Waals surface area (Å²) in [5.41, 5.74) is 4.52. The van der Waals surface area contributed by atoms with Crippen LogP contribution in [0.5, 0.6) is 0 Å². The van der Waals surface area contributed by atoms with Gasteiger partial charge in [0.05, 0.1) is 9.79 Å². The predicted octanol–water partition coefficient (Wildman–Crippen LogP) is 6.93. The van der Waals surface area contributed by atoms with Crippen molar-refractivity contribution in [2.24, 2.45) is 3.77 Å². The first-order chi connectivity index (χ1) is 13.7. The summed E-state index contributed by atoms with van der Waals surface area (Å²) < 4.78 is 18.2.